The average molecular weight is 305 g/mol. The van der Waals surface area contributed by atoms with Crippen LogP contribution in [0, 0.1) is 23.0 Å². The molecule has 1 saturated heterocycles. The fourth-order valence-corrected chi connectivity index (χ4v) is 3.08. The number of nitrogens with zero attached hydrogens (tertiary/aromatic N) is 2. The van der Waals surface area contributed by atoms with Gasteiger partial charge < -0.3 is 5.32 Å². The highest BCUT2D eigenvalue weighted by molar-refractivity contribution is 5.93. The fraction of sp³-hybridized carbons (Fsp3) is 0.562. The average Bonchev–Trinajstić information content (AvgIpc) is 2.81. The highest BCUT2D eigenvalue weighted by atomic mass is 16.6. The fourth-order valence-electron chi connectivity index (χ4n) is 3.08. The van der Waals surface area contributed by atoms with E-state index in [0.717, 1.165) is 24.9 Å². The summed E-state index contributed by atoms with van der Waals surface area (Å²) >= 11 is 0. The molecule has 0 saturated carbocycles. The van der Waals surface area contributed by atoms with Crippen LogP contribution >= 0.6 is 0 Å². The Kier molecular flexibility index (Phi) is 5.13. The van der Waals surface area contributed by atoms with Crippen LogP contribution in [0.5, 0.6) is 0 Å². The third kappa shape index (κ3) is 3.62. The zero-order valence-electron chi connectivity index (χ0n) is 13.3. The molecule has 0 aliphatic carbocycles. The van der Waals surface area contributed by atoms with Gasteiger partial charge in [-0.2, -0.15) is 0 Å². The summed E-state index contributed by atoms with van der Waals surface area (Å²) in [6.07, 6.45) is 2.25. The van der Waals surface area contributed by atoms with E-state index in [1.807, 2.05) is 6.92 Å². The number of rotatable bonds is 5. The predicted molar refractivity (Wildman–Crippen MR) is 85.9 cm³/mol. The maximum Gasteiger partial charge on any atom is 0.271 e. The van der Waals surface area contributed by atoms with E-state index in [4.69, 9.17) is 0 Å². The first kappa shape index (κ1) is 16.4. The van der Waals surface area contributed by atoms with Crippen molar-refractivity contribution in [1.29, 1.82) is 0 Å². The van der Waals surface area contributed by atoms with Crippen LogP contribution < -0.4 is 5.32 Å². The number of likely N-dealkylation sites (tertiary alicyclic amines) is 1. The maximum absolute atomic E-state index is 12.2. The van der Waals surface area contributed by atoms with Crippen molar-refractivity contribution in [3.8, 4) is 0 Å². The minimum Gasteiger partial charge on any atom is -0.324 e. The van der Waals surface area contributed by atoms with Crippen molar-refractivity contribution in [2.45, 2.75) is 39.7 Å². The highest BCUT2D eigenvalue weighted by Crippen LogP contribution is 2.26. The molecule has 120 valence electrons. The number of nitro benzene ring substituents is 1. The number of non-ortho nitro benzene ring substituents is 1. The van der Waals surface area contributed by atoms with E-state index in [-0.39, 0.29) is 11.6 Å². The summed E-state index contributed by atoms with van der Waals surface area (Å²) in [7, 11) is 0. The molecule has 0 spiro atoms. The van der Waals surface area contributed by atoms with Crippen LogP contribution in [0.1, 0.15) is 32.3 Å². The van der Waals surface area contributed by atoms with Gasteiger partial charge in [0.1, 0.15) is 0 Å². The minimum absolute atomic E-state index is 0.0125. The SMILES string of the molecule is CC[C@@H]1CCN(CC(=O)Nc2cc([N+](=O)[O-])ccc2C)[C@@H]1C. The molecule has 1 amide bonds. The molecular weight excluding hydrogens is 282 g/mol. The molecule has 1 aliphatic heterocycles. The number of nitro groups is 1. The summed E-state index contributed by atoms with van der Waals surface area (Å²) in [5.74, 6) is 0.527. The highest BCUT2D eigenvalue weighted by Gasteiger charge is 2.30. The van der Waals surface area contributed by atoms with E-state index < -0.39 is 4.92 Å². The van der Waals surface area contributed by atoms with Crippen molar-refractivity contribution in [3.63, 3.8) is 0 Å². The number of aryl methyl sites for hydroxylation is 1. The van der Waals surface area contributed by atoms with E-state index in [1.54, 1.807) is 6.07 Å². The van der Waals surface area contributed by atoms with Gasteiger partial charge in [-0.1, -0.05) is 19.4 Å². The number of nitrogens with one attached hydrogen (secondary N) is 1. The molecule has 1 N–H and O–H groups in total. The Morgan fingerprint density at radius 3 is 2.82 bits per heavy atom. The standard InChI is InChI=1S/C16H23N3O3/c1-4-13-7-8-18(12(13)3)10-16(20)17-15-9-14(19(21)22)6-5-11(15)2/h5-6,9,12-13H,4,7-8,10H2,1-3H3,(H,17,20)/t12-,13-/m1/s1. The van der Waals surface area contributed by atoms with Gasteiger partial charge >= 0.3 is 0 Å². The summed E-state index contributed by atoms with van der Waals surface area (Å²) in [4.78, 5) is 24.8. The zero-order chi connectivity index (χ0) is 16.3. The summed E-state index contributed by atoms with van der Waals surface area (Å²) < 4.78 is 0. The number of anilines is 1. The first-order valence-electron chi connectivity index (χ1n) is 7.71. The zero-order valence-corrected chi connectivity index (χ0v) is 13.3. The molecule has 0 aromatic heterocycles. The first-order valence-corrected chi connectivity index (χ1v) is 7.71. The van der Waals surface area contributed by atoms with Crippen molar-refractivity contribution in [2.75, 3.05) is 18.4 Å². The summed E-state index contributed by atoms with van der Waals surface area (Å²) in [6, 6.07) is 4.91. The van der Waals surface area contributed by atoms with Crippen molar-refractivity contribution in [3.05, 3.63) is 33.9 Å². The molecule has 0 unspecified atom stereocenters. The van der Waals surface area contributed by atoms with Crippen molar-refractivity contribution in [2.24, 2.45) is 5.92 Å². The predicted octanol–water partition coefficient (Wildman–Crippen LogP) is 2.96. The molecular formula is C16H23N3O3. The van der Waals surface area contributed by atoms with Gasteiger partial charge in [0.2, 0.25) is 5.91 Å². The van der Waals surface area contributed by atoms with Crippen LogP contribution in [0.25, 0.3) is 0 Å². The van der Waals surface area contributed by atoms with Crippen molar-refractivity contribution >= 4 is 17.3 Å². The Bertz CT molecular complexity index is 574. The lowest BCUT2D eigenvalue weighted by molar-refractivity contribution is -0.384. The molecule has 6 nitrogen and oxygen atoms in total. The van der Waals surface area contributed by atoms with Gasteiger partial charge in [-0.25, -0.2) is 0 Å². The van der Waals surface area contributed by atoms with E-state index in [9.17, 15) is 14.9 Å². The Morgan fingerprint density at radius 1 is 1.50 bits per heavy atom. The quantitative estimate of drug-likeness (QED) is 0.670. The minimum atomic E-state index is -0.455. The molecule has 6 heteroatoms. The molecule has 1 aromatic rings. The molecule has 2 rings (SSSR count). The first-order chi connectivity index (χ1) is 10.4. The van der Waals surface area contributed by atoms with Crippen molar-refractivity contribution in [1.82, 2.24) is 4.90 Å². The van der Waals surface area contributed by atoms with Crippen LogP contribution in [0.4, 0.5) is 11.4 Å². The van der Waals surface area contributed by atoms with E-state index >= 15 is 0 Å². The van der Waals surface area contributed by atoms with Gasteiger partial charge in [-0.15, -0.1) is 0 Å². The number of amides is 1. The van der Waals surface area contributed by atoms with Crippen molar-refractivity contribution < 1.29 is 9.72 Å². The van der Waals surface area contributed by atoms with E-state index in [1.165, 1.54) is 12.1 Å². The number of hydrogen-bond donors (Lipinski definition) is 1. The Hall–Kier alpha value is -1.95. The summed E-state index contributed by atoms with van der Waals surface area (Å²) in [5, 5.41) is 13.6. The molecule has 0 radical (unpaired) electrons. The van der Waals surface area contributed by atoms with Gasteiger partial charge in [0.05, 0.1) is 17.2 Å². The van der Waals surface area contributed by atoms with E-state index in [2.05, 4.69) is 24.1 Å². The lowest BCUT2D eigenvalue weighted by atomic mass is 9.99. The topological polar surface area (TPSA) is 75.5 Å². The normalized spacial score (nSPS) is 21.8. The largest absolute Gasteiger partial charge is 0.324 e. The smallest absolute Gasteiger partial charge is 0.271 e. The summed E-state index contributed by atoms with van der Waals surface area (Å²) in [6.45, 7) is 7.43. The molecule has 1 aliphatic rings. The van der Waals surface area contributed by atoms with Gasteiger partial charge in [-0.3, -0.25) is 19.8 Å². The number of hydrogen-bond acceptors (Lipinski definition) is 4. The molecule has 0 bridgehead atoms. The lowest BCUT2D eigenvalue weighted by Gasteiger charge is -2.23. The van der Waals surface area contributed by atoms with Gasteiger partial charge in [0.25, 0.3) is 5.69 Å². The lowest BCUT2D eigenvalue weighted by Crippen LogP contribution is -2.37. The second kappa shape index (κ2) is 6.87. The number of benzene rings is 1. The Balaban J connectivity index is 2.01. The van der Waals surface area contributed by atoms with Gasteiger partial charge in [0, 0.05) is 18.2 Å². The van der Waals surface area contributed by atoms with Crippen LogP contribution in [0.2, 0.25) is 0 Å². The summed E-state index contributed by atoms with van der Waals surface area (Å²) in [5.41, 5.74) is 1.32. The molecule has 1 fully saturated rings. The molecule has 1 heterocycles. The van der Waals surface area contributed by atoms with E-state index in [0.29, 0.717) is 24.2 Å². The molecule has 1 aromatic carbocycles. The second-order valence-corrected chi connectivity index (χ2v) is 5.97. The third-order valence-corrected chi connectivity index (χ3v) is 4.62. The molecule has 22 heavy (non-hydrogen) atoms. The monoisotopic (exact) mass is 305 g/mol. The van der Waals surface area contributed by atoms with Crippen LogP contribution in [-0.2, 0) is 4.79 Å². The number of carbonyl (C=O) groups excluding carboxylic acids is 1. The number of carbonyl (C=O) groups is 1. The van der Waals surface area contributed by atoms with Gasteiger partial charge in [0.15, 0.2) is 0 Å². The van der Waals surface area contributed by atoms with Crippen LogP contribution in [0.15, 0.2) is 18.2 Å². The molecule has 2 atom stereocenters. The van der Waals surface area contributed by atoms with Crippen LogP contribution in [0.3, 0.4) is 0 Å². The second-order valence-electron chi connectivity index (χ2n) is 5.97. The maximum atomic E-state index is 12.2. The Morgan fingerprint density at radius 2 is 2.23 bits per heavy atom. The Labute approximate surface area is 130 Å². The van der Waals surface area contributed by atoms with Crippen LogP contribution in [-0.4, -0.2) is 34.9 Å². The van der Waals surface area contributed by atoms with Gasteiger partial charge in [-0.05, 0) is 38.3 Å². The third-order valence-electron chi connectivity index (χ3n) is 4.62.